The third-order valence-electron chi connectivity index (χ3n) is 3.85. The van der Waals surface area contributed by atoms with E-state index in [1.807, 2.05) is 0 Å². The Balaban J connectivity index is 2.21. The highest BCUT2D eigenvalue weighted by atomic mass is 19.4. The fourth-order valence-corrected chi connectivity index (χ4v) is 2.78. The summed E-state index contributed by atoms with van der Waals surface area (Å²) in [5, 5.41) is 8.50. The van der Waals surface area contributed by atoms with Crippen LogP contribution in [0, 0.1) is 11.6 Å². The number of halogens is 5. The Kier molecular flexibility index (Phi) is 4.80. The van der Waals surface area contributed by atoms with Crippen LogP contribution in [0.2, 0.25) is 0 Å². The zero-order valence-corrected chi connectivity index (χ0v) is 13.8. The highest BCUT2D eigenvalue weighted by Gasteiger charge is 2.31. The van der Waals surface area contributed by atoms with Gasteiger partial charge < -0.3 is 14.4 Å². The van der Waals surface area contributed by atoms with E-state index in [1.165, 1.54) is 12.1 Å². The molecule has 0 radical (unpaired) electrons. The number of hydrogen-bond acceptors (Lipinski definition) is 3. The first-order valence-corrected chi connectivity index (χ1v) is 7.65. The number of pyridine rings is 1. The zero-order chi connectivity index (χ0) is 20.6. The summed E-state index contributed by atoms with van der Waals surface area (Å²) >= 11 is 0. The molecule has 146 valence electrons. The Morgan fingerprint density at radius 3 is 2.50 bits per heavy atom. The minimum absolute atomic E-state index is 0.179. The molecule has 0 amide bonds. The van der Waals surface area contributed by atoms with Gasteiger partial charge in [-0.3, -0.25) is 4.79 Å². The predicted molar refractivity (Wildman–Crippen MR) is 87.3 cm³/mol. The Morgan fingerprint density at radius 2 is 1.86 bits per heavy atom. The number of ether oxygens (including phenoxy) is 1. The molecule has 1 N–H and O–H groups in total. The number of benzene rings is 2. The molecule has 1 heterocycles. The first kappa shape index (κ1) is 19.3. The van der Waals surface area contributed by atoms with E-state index >= 15 is 0 Å². The molecule has 0 aliphatic rings. The first-order valence-electron chi connectivity index (χ1n) is 7.65. The largest absolute Gasteiger partial charge is 0.511 e. The fourth-order valence-electron chi connectivity index (χ4n) is 2.78. The normalized spacial score (nSPS) is 11.6. The number of aromatic nitrogens is 1. The summed E-state index contributed by atoms with van der Waals surface area (Å²) < 4.78 is 72.0. The number of para-hydroxylation sites is 1. The molecule has 0 saturated heterocycles. The molecule has 0 aliphatic heterocycles. The van der Waals surface area contributed by atoms with Crippen molar-refractivity contribution in [2.75, 3.05) is 0 Å². The van der Waals surface area contributed by atoms with Crippen LogP contribution in [0.15, 0.2) is 47.4 Å². The number of carboxylic acid groups (broad SMARTS) is 1. The number of nitrogens with zero attached hydrogens (tertiary/aromatic N) is 1. The Labute approximate surface area is 153 Å². The molecule has 0 saturated carbocycles. The number of alkyl halides is 3. The third-order valence-corrected chi connectivity index (χ3v) is 3.85. The van der Waals surface area contributed by atoms with Crippen molar-refractivity contribution in [1.29, 1.82) is 0 Å². The third kappa shape index (κ3) is 3.80. The lowest BCUT2D eigenvalue weighted by Gasteiger charge is -2.15. The molecule has 0 spiro atoms. The Hall–Kier alpha value is -3.43. The van der Waals surface area contributed by atoms with Gasteiger partial charge in [-0.25, -0.2) is 13.6 Å². The topological polar surface area (TPSA) is 68.5 Å². The highest BCUT2D eigenvalue weighted by molar-refractivity contribution is 5.81. The second kappa shape index (κ2) is 6.95. The number of fused-ring (bicyclic) bond motifs is 1. The van der Waals surface area contributed by atoms with Crippen LogP contribution in [0.5, 0.6) is 5.75 Å². The molecule has 0 atom stereocenters. The second-order valence-corrected chi connectivity index (χ2v) is 5.80. The summed E-state index contributed by atoms with van der Waals surface area (Å²) in [6.45, 7) is -0.478. The molecule has 10 heteroatoms. The maximum absolute atomic E-state index is 14.3. The zero-order valence-electron chi connectivity index (χ0n) is 13.8. The summed E-state index contributed by atoms with van der Waals surface area (Å²) in [5.41, 5.74) is -2.62. The van der Waals surface area contributed by atoms with E-state index in [0.717, 1.165) is 22.9 Å². The van der Waals surface area contributed by atoms with Crippen molar-refractivity contribution < 1.29 is 36.6 Å². The van der Waals surface area contributed by atoms with E-state index in [4.69, 9.17) is 5.11 Å². The van der Waals surface area contributed by atoms with E-state index < -0.39 is 47.3 Å². The van der Waals surface area contributed by atoms with Crippen molar-refractivity contribution >= 4 is 17.1 Å². The van der Waals surface area contributed by atoms with Gasteiger partial charge in [0.05, 0.1) is 22.7 Å². The molecule has 1 aromatic heterocycles. The van der Waals surface area contributed by atoms with Crippen LogP contribution in [0.1, 0.15) is 11.1 Å². The van der Waals surface area contributed by atoms with Gasteiger partial charge in [0.15, 0.2) is 5.75 Å². The minimum atomic E-state index is -4.80. The quantitative estimate of drug-likeness (QED) is 0.524. The lowest BCUT2D eigenvalue weighted by molar-refractivity contribution is -0.137. The molecule has 3 aromatic rings. The van der Waals surface area contributed by atoms with Crippen molar-refractivity contribution in [3.63, 3.8) is 0 Å². The molecule has 2 aromatic carbocycles. The van der Waals surface area contributed by atoms with Crippen LogP contribution >= 0.6 is 0 Å². The molecular weight excluding hydrogens is 389 g/mol. The first-order chi connectivity index (χ1) is 13.1. The smallest absolute Gasteiger partial charge is 0.449 e. The van der Waals surface area contributed by atoms with Gasteiger partial charge in [0.2, 0.25) is 5.43 Å². The second-order valence-electron chi connectivity index (χ2n) is 5.80. The van der Waals surface area contributed by atoms with Crippen molar-refractivity contribution in [3.8, 4) is 5.75 Å². The standard InChI is InChI=1S/C18H10F5NO4/c19-11-5-9(4-10(6-11)18(21,22)23)7-24-8-14(28-17(26)27)16(25)12-2-1-3-13(20)15(12)24/h1-6,8H,7H2,(H,26,27). The average molecular weight is 399 g/mol. The van der Waals surface area contributed by atoms with E-state index in [9.17, 15) is 31.5 Å². The maximum Gasteiger partial charge on any atom is 0.511 e. The monoisotopic (exact) mass is 399 g/mol. The highest BCUT2D eigenvalue weighted by Crippen LogP contribution is 2.31. The van der Waals surface area contributed by atoms with Crippen LogP contribution < -0.4 is 10.2 Å². The number of carbonyl (C=O) groups is 1. The van der Waals surface area contributed by atoms with Gasteiger partial charge in [0, 0.05) is 6.54 Å². The van der Waals surface area contributed by atoms with Crippen molar-refractivity contribution in [3.05, 3.63) is 75.6 Å². The molecule has 3 rings (SSSR count). The maximum atomic E-state index is 14.3. The van der Waals surface area contributed by atoms with Gasteiger partial charge >= 0.3 is 12.3 Å². The molecule has 5 nitrogen and oxygen atoms in total. The van der Waals surface area contributed by atoms with E-state index in [-0.39, 0.29) is 16.5 Å². The SMILES string of the molecule is O=C(O)Oc1cn(Cc2cc(F)cc(C(F)(F)F)c2)c2c(F)cccc2c1=O. The van der Waals surface area contributed by atoms with Crippen LogP contribution in [-0.2, 0) is 12.7 Å². The molecule has 0 fully saturated rings. The van der Waals surface area contributed by atoms with Crippen LogP contribution in [0.3, 0.4) is 0 Å². The Morgan fingerprint density at radius 1 is 1.14 bits per heavy atom. The van der Waals surface area contributed by atoms with Crippen LogP contribution in [-0.4, -0.2) is 15.8 Å². The Bertz CT molecular complexity index is 1140. The van der Waals surface area contributed by atoms with Gasteiger partial charge in [-0.2, -0.15) is 13.2 Å². The van der Waals surface area contributed by atoms with Crippen LogP contribution in [0.25, 0.3) is 10.9 Å². The summed E-state index contributed by atoms with van der Waals surface area (Å²) in [6.07, 6.45) is -5.75. The number of hydrogen-bond donors (Lipinski definition) is 1. The summed E-state index contributed by atoms with van der Waals surface area (Å²) in [6, 6.07) is 5.23. The van der Waals surface area contributed by atoms with Gasteiger partial charge in [-0.1, -0.05) is 6.07 Å². The van der Waals surface area contributed by atoms with Gasteiger partial charge in [-0.15, -0.1) is 0 Å². The van der Waals surface area contributed by atoms with E-state index in [2.05, 4.69) is 4.74 Å². The van der Waals surface area contributed by atoms with Crippen molar-refractivity contribution in [2.24, 2.45) is 0 Å². The lowest BCUT2D eigenvalue weighted by atomic mass is 10.1. The van der Waals surface area contributed by atoms with Crippen molar-refractivity contribution in [2.45, 2.75) is 12.7 Å². The lowest BCUT2D eigenvalue weighted by Crippen LogP contribution is -2.17. The summed E-state index contributed by atoms with van der Waals surface area (Å²) in [4.78, 5) is 23.1. The van der Waals surface area contributed by atoms with Crippen molar-refractivity contribution in [1.82, 2.24) is 4.57 Å². The predicted octanol–water partition coefficient (Wildman–Crippen LogP) is 4.40. The van der Waals surface area contributed by atoms with E-state index in [0.29, 0.717) is 12.1 Å². The molecular formula is C18H10F5NO4. The minimum Gasteiger partial charge on any atom is -0.449 e. The van der Waals surface area contributed by atoms with Crippen LogP contribution in [0.4, 0.5) is 26.7 Å². The fraction of sp³-hybridized carbons (Fsp3) is 0.111. The molecule has 0 unspecified atom stereocenters. The van der Waals surface area contributed by atoms with Gasteiger partial charge in [-0.05, 0) is 35.9 Å². The summed E-state index contributed by atoms with van der Waals surface area (Å²) in [7, 11) is 0. The average Bonchev–Trinajstić information content (AvgIpc) is 2.57. The molecule has 0 aliphatic carbocycles. The van der Waals surface area contributed by atoms with Gasteiger partial charge in [0.1, 0.15) is 11.6 Å². The number of rotatable bonds is 3. The molecule has 28 heavy (non-hydrogen) atoms. The summed E-state index contributed by atoms with van der Waals surface area (Å²) in [5.74, 6) is -2.69. The molecule has 0 bridgehead atoms. The van der Waals surface area contributed by atoms with E-state index in [1.54, 1.807) is 0 Å². The van der Waals surface area contributed by atoms with Gasteiger partial charge in [0.25, 0.3) is 0 Å².